The summed E-state index contributed by atoms with van der Waals surface area (Å²) < 4.78 is 104. The van der Waals surface area contributed by atoms with Gasteiger partial charge in [-0.25, -0.2) is 30.7 Å². The average molecular weight is 532 g/mol. The summed E-state index contributed by atoms with van der Waals surface area (Å²) in [4.78, 5) is 0. The van der Waals surface area contributed by atoms with Crippen molar-refractivity contribution in [3.63, 3.8) is 0 Å². The standard InChI is InChI=1S/C30H23F7O/c1-2-3-4-5-17-10-27(35)30(28(36)11-17)38-16-18-6-8-21(23(31)12-18)19-7-9-22(24(32)13-19)20-14-25(33)29(37)26(34)15-20/h6-15H,2-5,16H2,1H3. The van der Waals surface area contributed by atoms with Crippen molar-refractivity contribution >= 4 is 0 Å². The molecule has 0 heterocycles. The van der Waals surface area contributed by atoms with E-state index in [1.54, 1.807) is 0 Å². The van der Waals surface area contributed by atoms with Crippen molar-refractivity contribution in [3.8, 4) is 28.0 Å². The molecule has 4 rings (SSSR count). The van der Waals surface area contributed by atoms with Crippen LogP contribution in [-0.2, 0) is 13.0 Å². The molecule has 0 bridgehead atoms. The van der Waals surface area contributed by atoms with Crippen LogP contribution >= 0.6 is 0 Å². The first-order valence-electron chi connectivity index (χ1n) is 12.0. The van der Waals surface area contributed by atoms with Gasteiger partial charge in [-0.05, 0) is 71.5 Å². The zero-order chi connectivity index (χ0) is 27.4. The van der Waals surface area contributed by atoms with Gasteiger partial charge in [-0.2, -0.15) is 0 Å². The first-order valence-corrected chi connectivity index (χ1v) is 12.0. The SMILES string of the molecule is CCCCCc1cc(F)c(OCc2ccc(-c3ccc(-c4cc(F)c(F)c(F)c4)c(F)c3)c(F)c2)c(F)c1. The number of hydrogen-bond acceptors (Lipinski definition) is 1. The van der Waals surface area contributed by atoms with Crippen LogP contribution in [0.1, 0.15) is 37.3 Å². The average Bonchev–Trinajstić information content (AvgIpc) is 2.86. The molecule has 0 aliphatic rings. The first kappa shape index (κ1) is 27.2. The van der Waals surface area contributed by atoms with Gasteiger partial charge in [0, 0.05) is 11.1 Å². The second-order valence-electron chi connectivity index (χ2n) is 8.90. The molecule has 198 valence electrons. The van der Waals surface area contributed by atoms with Gasteiger partial charge >= 0.3 is 0 Å². The van der Waals surface area contributed by atoms with E-state index in [4.69, 9.17) is 4.74 Å². The van der Waals surface area contributed by atoms with Gasteiger partial charge in [-0.15, -0.1) is 0 Å². The Morgan fingerprint density at radius 2 is 1.11 bits per heavy atom. The molecule has 0 saturated heterocycles. The topological polar surface area (TPSA) is 9.23 Å². The lowest BCUT2D eigenvalue weighted by Crippen LogP contribution is -2.02. The molecule has 38 heavy (non-hydrogen) atoms. The van der Waals surface area contributed by atoms with E-state index < -0.39 is 46.5 Å². The van der Waals surface area contributed by atoms with Gasteiger partial charge in [0.05, 0.1) is 0 Å². The second kappa shape index (κ2) is 11.7. The Labute approximate surface area is 215 Å². The van der Waals surface area contributed by atoms with Gasteiger partial charge in [0.1, 0.15) is 18.2 Å². The van der Waals surface area contributed by atoms with Gasteiger partial charge in [-0.1, -0.05) is 44.0 Å². The number of hydrogen-bond donors (Lipinski definition) is 0. The van der Waals surface area contributed by atoms with Crippen molar-refractivity contribution in [2.45, 2.75) is 39.2 Å². The van der Waals surface area contributed by atoms with Crippen LogP contribution in [0.2, 0.25) is 0 Å². The Kier molecular flexibility index (Phi) is 8.39. The normalized spacial score (nSPS) is 11.2. The highest BCUT2D eigenvalue weighted by atomic mass is 19.2. The van der Waals surface area contributed by atoms with Crippen LogP contribution in [0.15, 0.2) is 60.7 Å². The molecule has 4 aromatic carbocycles. The van der Waals surface area contributed by atoms with Crippen molar-refractivity contribution in [2.24, 2.45) is 0 Å². The molecule has 0 saturated carbocycles. The summed E-state index contributed by atoms with van der Waals surface area (Å²) in [6.07, 6.45) is 3.30. The molecule has 0 spiro atoms. The number of rotatable bonds is 9. The number of unbranched alkanes of at least 4 members (excludes halogenated alkanes) is 2. The van der Waals surface area contributed by atoms with Gasteiger partial charge < -0.3 is 4.74 Å². The van der Waals surface area contributed by atoms with E-state index in [1.807, 2.05) is 6.92 Å². The maximum atomic E-state index is 14.9. The number of benzene rings is 4. The minimum atomic E-state index is -1.66. The lowest BCUT2D eigenvalue weighted by molar-refractivity contribution is 0.273. The Balaban J connectivity index is 1.49. The fraction of sp³-hybridized carbons (Fsp3) is 0.200. The highest BCUT2D eigenvalue weighted by Gasteiger charge is 2.17. The summed E-state index contributed by atoms with van der Waals surface area (Å²) in [7, 11) is 0. The number of aryl methyl sites for hydroxylation is 1. The Bertz CT molecular complexity index is 1420. The summed E-state index contributed by atoms with van der Waals surface area (Å²) >= 11 is 0. The fourth-order valence-corrected chi connectivity index (χ4v) is 4.14. The monoisotopic (exact) mass is 532 g/mol. The molecule has 0 aliphatic carbocycles. The van der Waals surface area contributed by atoms with Crippen LogP contribution in [0.25, 0.3) is 22.3 Å². The molecule has 0 fully saturated rings. The van der Waals surface area contributed by atoms with Crippen molar-refractivity contribution < 1.29 is 35.5 Å². The summed E-state index contributed by atoms with van der Waals surface area (Å²) in [6.45, 7) is 1.72. The van der Waals surface area contributed by atoms with Gasteiger partial charge in [-0.3, -0.25) is 0 Å². The molecule has 0 N–H and O–H groups in total. The zero-order valence-corrected chi connectivity index (χ0v) is 20.4. The van der Waals surface area contributed by atoms with Crippen LogP contribution in [0.5, 0.6) is 5.75 Å². The molecule has 0 radical (unpaired) electrons. The third kappa shape index (κ3) is 6.01. The van der Waals surface area contributed by atoms with E-state index >= 15 is 0 Å². The first-order chi connectivity index (χ1) is 18.2. The van der Waals surface area contributed by atoms with Crippen molar-refractivity contribution in [1.82, 2.24) is 0 Å². The van der Waals surface area contributed by atoms with Gasteiger partial charge in [0.2, 0.25) is 0 Å². The highest BCUT2D eigenvalue weighted by Crippen LogP contribution is 2.32. The quantitative estimate of drug-likeness (QED) is 0.119. The van der Waals surface area contributed by atoms with E-state index in [0.717, 1.165) is 31.4 Å². The zero-order valence-electron chi connectivity index (χ0n) is 20.4. The smallest absolute Gasteiger partial charge is 0.194 e. The van der Waals surface area contributed by atoms with Gasteiger partial charge in [0.25, 0.3) is 0 Å². The predicted octanol–water partition coefficient (Wildman–Crippen LogP) is 9.31. The summed E-state index contributed by atoms with van der Waals surface area (Å²) in [5, 5.41) is 0. The Morgan fingerprint density at radius 3 is 1.71 bits per heavy atom. The summed E-state index contributed by atoms with van der Waals surface area (Å²) in [5.41, 5.74) is 0.555. The molecule has 0 atom stereocenters. The Morgan fingerprint density at radius 1 is 0.553 bits per heavy atom. The second-order valence-corrected chi connectivity index (χ2v) is 8.90. The van der Waals surface area contributed by atoms with E-state index in [-0.39, 0.29) is 34.4 Å². The van der Waals surface area contributed by atoms with Crippen molar-refractivity contribution in [1.29, 1.82) is 0 Å². The molecule has 0 amide bonds. The van der Waals surface area contributed by atoms with E-state index in [0.29, 0.717) is 24.1 Å². The fourth-order valence-electron chi connectivity index (χ4n) is 4.14. The molecule has 0 aromatic heterocycles. The molecular weight excluding hydrogens is 509 g/mol. The van der Waals surface area contributed by atoms with E-state index in [9.17, 15) is 30.7 Å². The van der Waals surface area contributed by atoms with E-state index in [1.165, 1.54) is 36.4 Å². The maximum absolute atomic E-state index is 14.9. The van der Waals surface area contributed by atoms with Gasteiger partial charge in [0.15, 0.2) is 34.8 Å². The van der Waals surface area contributed by atoms with Crippen LogP contribution in [0.4, 0.5) is 30.7 Å². The molecule has 0 unspecified atom stereocenters. The van der Waals surface area contributed by atoms with E-state index in [2.05, 4.69) is 0 Å². The van der Waals surface area contributed by atoms with Crippen LogP contribution in [-0.4, -0.2) is 0 Å². The third-order valence-electron chi connectivity index (χ3n) is 6.12. The molecule has 4 aromatic rings. The van der Waals surface area contributed by atoms with Crippen LogP contribution in [0, 0.1) is 40.7 Å². The van der Waals surface area contributed by atoms with Crippen LogP contribution in [0.3, 0.4) is 0 Å². The Hall–Kier alpha value is -3.81. The largest absolute Gasteiger partial charge is 0.483 e. The minimum absolute atomic E-state index is 0.0180. The predicted molar refractivity (Wildman–Crippen MR) is 131 cm³/mol. The molecule has 0 aliphatic heterocycles. The minimum Gasteiger partial charge on any atom is -0.483 e. The summed E-state index contributed by atoms with van der Waals surface area (Å²) in [6, 6.07) is 11.2. The number of halogens is 7. The lowest BCUT2D eigenvalue weighted by atomic mass is 9.98. The molecule has 1 nitrogen and oxygen atoms in total. The van der Waals surface area contributed by atoms with Crippen LogP contribution < -0.4 is 4.74 Å². The number of ether oxygens (including phenoxy) is 1. The lowest BCUT2D eigenvalue weighted by Gasteiger charge is -2.12. The molecule has 8 heteroatoms. The third-order valence-corrected chi connectivity index (χ3v) is 6.12. The van der Waals surface area contributed by atoms with Crippen molar-refractivity contribution in [2.75, 3.05) is 0 Å². The molecular formula is C30H23F7O. The maximum Gasteiger partial charge on any atom is 0.194 e. The van der Waals surface area contributed by atoms with Crippen molar-refractivity contribution in [3.05, 3.63) is 113 Å². The highest BCUT2D eigenvalue weighted by molar-refractivity contribution is 5.71. The summed E-state index contributed by atoms with van der Waals surface area (Å²) in [5.74, 6) is -8.48.